The summed E-state index contributed by atoms with van der Waals surface area (Å²) < 4.78 is 35.7. The Kier molecular flexibility index (Phi) is 7.31. The molecule has 0 aliphatic rings. The second-order valence-corrected chi connectivity index (χ2v) is 9.12. The Hall–Kier alpha value is -2.49. The molecule has 174 valence electrons. The Morgan fingerprint density at radius 2 is 1.91 bits per heavy atom. The van der Waals surface area contributed by atoms with Crippen molar-refractivity contribution in [2.75, 3.05) is 6.61 Å². The third kappa shape index (κ3) is 5.20. The third-order valence-corrected chi connectivity index (χ3v) is 6.26. The van der Waals surface area contributed by atoms with Crippen molar-refractivity contribution < 1.29 is 13.5 Å². The van der Waals surface area contributed by atoms with Gasteiger partial charge in [0.2, 0.25) is 0 Å². The number of hydrogen-bond acceptors (Lipinski definition) is 5. The summed E-state index contributed by atoms with van der Waals surface area (Å²) in [6.07, 6.45) is 0.705. The summed E-state index contributed by atoms with van der Waals surface area (Å²) in [7, 11) is 0. The molecule has 0 spiro atoms. The van der Waals surface area contributed by atoms with Gasteiger partial charge in [-0.25, -0.2) is 9.97 Å². The molecule has 0 atom stereocenters. The van der Waals surface area contributed by atoms with Crippen molar-refractivity contribution in [2.45, 2.75) is 50.4 Å². The fraction of sp³-hybridized carbons (Fsp3) is 0.348. The molecule has 2 aromatic carbocycles. The molecule has 0 amide bonds. The minimum absolute atomic E-state index is 0.0924. The lowest BCUT2D eigenvalue weighted by Crippen LogP contribution is -2.24. The van der Waals surface area contributed by atoms with Crippen molar-refractivity contribution in [3.8, 4) is 0 Å². The molecule has 6 nitrogen and oxygen atoms in total. The van der Waals surface area contributed by atoms with E-state index in [1.165, 1.54) is 11.8 Å². The normalized spacial score (nSPS) is 12.0. The molecule has 4 aromatic rings. The molecule has 2 heterocycles. The van der Waals surface area contributed by atoms with Gasteiger partial charge in [-0.1, -0.05) is 35.5 Å². The summed E-state index contributed by atoms with van der Waals surface area (Å²) in [5.41, 5.74) is 1.12. The Bertz CT molecular complexity index is 1340. The number of ether oxygens (including phenoxy) is 1. The zero-order valence-electron chi connectivity index (χ0n) is 18.2. The van der Waals surface area contributed by atoms with E-state index >= 15 is 0 Å². The van der Waals surface area contributed by atoms with Crippen LogP contribution in [0.15, 0.2) is 52.4 Å². The summed E-state index contributed by atoms with van der Waals surface area (Å²) in [6.45, 7) is 2.05. The van der Waals surface area contributed by atoms with Crippen molar-refractivity contribution >= 4 is 45.3 Å². The van der Waals surface area contributed by atoms with E-state index in [1.807, 2.05) is 13.8 Å². The minimum atomic E-state index is -2.73. The summed E-state index contributed by atoms with van der Waals surface area (Å²) >= 11 is 7.30. The molecule has 0 fully saturated rings. The van der Waals surface area contributed by atoms with E-state index in [0.717, 1.165) is 4.57 Å². The van der Waals surface area contributed by atoms with Crippen molar-refractivity contribution in [3.05, 3.63) is 63.7 Å². The van der Waals surface area contributed by atoms with Crippen LogP contribution in [-0.4, -0.2) is 31.8 Å². The smallest absolute Gasteiger partial charge is 0.320 e. The highest BCUT2D eigenvalue weighted by Gasteiger charge is 2.19. The quantitative estimate of drug-likeness (QED) is 0.165. The maximum absolute atomic E-state index is 13.8. The average Bonchev–Trinajstić information content (AvgIpc) is 3.15. The highest BCUT2D eigenvalue weighted by molar-refractivity contribution is 7.98. The van der Waals surface area contributed by atoms with Gasteiger partial charge in [0, 0.05) is 18.2 Å². The first-order valence-corrected chi connectivity index (χ1v) is 11.9. The van der Waals surface area contributed by atoms with E-state index in [-0.39, 0.29) is 23.2 Å². The van der Waals surface area contributed by atoms with Crippen molar-refractivity contribution in [2.24, 2.45) is 0 Å². The molecule has 0 saturated carbocycles. The van der Waals surface area contributed by atoms with Gasteiger partial charge in [-0.3, -0.25) is 13.9 Å². The molecule has 0 saturated heterocycles. The number of para-hydroxylation sites is 2. The van der Waals surface area contributed by atoms with Crippen LogP contribution in [-0.2, 0) is 17.0 Å². The molecule has 0 aliphatic heterocycles. The molecule has 10 heteroatoms. The van der Waals surface area contributed by atoms with Crippen LogP contribution < -0.4 is 5.56 Å². The van der Waals surface area contributed by atoms with Gasteiger partial charge in [0.25, 0.3) is 5.56 Å². The van der Waals surface area contributed by atoms with Crippen molar-refractivity contribution in [3.63, 3.8) is 0 Å². The van der Waals surface area contributed by atoms with Crippen LogP contribution >= 0.6 is 23.4 Å². The van der Waals surface area contributed by atoms with Crippen LogP contribution in [0.25, 0.3) is 21.9 Å². The fourth-order valence-electron chi connectivity index (χ4n) is 3.57. The molecule has 0 radical (unpaired) electrons. The van der Waals surface area contributed by atoms with E-state index in [9.17, 15) is 13.6 Å². The molecule has 4 rings (SSSR count). The maximum Gasteiger partial charge on any atom is 0.320 e. The number of halogens is 3. The van der Waals surface area contributed by atoms with Gasteiger partial charge >= 0.3 is 6.55 Å². The van der Waals surface area contributed by atoms with E-state index in [0.29, 0.717) is 51.7 Å². The lowest BCUT2D eigenvalue weighted by molar-refractivity contribution is 0.0721. The first-order valence-electron chi connectivity index (χ1n) is 10.5. The monoisotopic (exact) mass is 492 g/mol. The standard InChI is InChI=1S/C23H23ClF2N4O2S/c1-14(2)32-11-5-10-29-21(31)16-9-8-15(24)12-18(16)28-23(29)33-13-20-27-17-6-3-4-7-19(17)30(20)22(25)26/h3-4,6-9,12,14,22H,5,10-11,13H2,1-2H3. The number of benzene rings is 2. The number of hydrogen-bond donors (Lipinski definition) is 0. The van der Waals surface area contributed by atoms with Crippen LogP contribution in [0, 0.1) is 0 Å². The average molecular weight is 493 g/mol. The second kappa shape index (κ2) is 10.2. The number of fused-ring (bicyclic) bond motifs is 2. The van der Waals surface area contributed by atoms with Gasteiger partial charge in [0.05, 0.1) is 33.8 Å². The molecule has 0 bridgehead atoms. The molecular formula is C23H23ClF2N4O2S. The third-order valence-electron chi connectivity index (χ3n) is 5.05. The summed E-state index contributed by atoms with van der Waals surface area (Å²) in [5.74, 6) is 0.339. The number of nitrogens with zero attached hydrogens (tertiary/aromatic N) is 4. The maximum atomic E-state index is 13.8. The molecular weight excluding hydrogens is 470 g/mol. The molecule has 0 aliphatic carbocycles. The van der Waals surface area contributed by atoms with Crippen LogP contribution in [0.4, 0.5) is 8.78 Å². The van der Waals surface area contributed by atoms with E-state index in [4.69, 9.17) is 16.3 Å². The van der Waals surface area contributed by atoms with Crippen LogP contribution in [0.2, 0.25) is 5.02 Å². The van der Waals surface area contributed by atoms with E-state index in [1.54, 1.807) is 47.0 Å². The number of rotatable bonds is 9. The Morgan fingerprint density at radius 3 is 2.67 bits per heavy atom. The first-order chi connectivity index (χ1) is 15.8. The zero-order valence-corrected chi connectivity index (χ0v) is 19.7. The van der Waals surface area contributed by atoms with Crippen molar-refractivity contribution in [1.29, 1.82) is 0 Å². The molecule has 2 aromatic heterocycles. The second-order valence-electron chi connectivity index (χ2n) is 7.74. The number of alkyl halides is 2. The number of aromatic nitrogens is 4. The van der Waals surface area contributed by atoms with Crippen LogP contribution in [0.3, 0.4) is 0 Å². The summed E-state index contributed by atoms with van der Waals surface area (Å²) in [5, 5.41) is 1.34. The molecule has 33 heavy (non-hydrogen) atoms. The van der Waals surface area contributed by atoms with Gasteiger partial charge in [0.15, 0.2) is 5.16 Å². The Labute approximate surface area is 198 Å². The van der Waals surface area contributed by atoms with Gasteiger partial charge in [-0.2, -0.15) is 8.78 Å². The SMILES string of the molecule is CC(C)OCCCn1c(SCc2nc3ccccc3n2C(F)F)nc2cc(Cl)ccc2c1=O. The topological polar surface area (TPSA) is 61.9 Å². The van der Waals surface area contributed by atoms with Gasteiger partial charge < -0.3 is 4.74 Å². The predicted molar refractivity (Wildman–Crippen MR) is 127 cm³/mol. The first kappa shape index (κ1) is 23.7. The fourth-order valence-corrected chi connectivity index (χ4v) is 4.69. The number of imidazole rings is 1. The van der Waals surface area contributed by atoms with E-state index in [2.05, 4.69) is 9.97 Å². The minimum Gasteiger partial charge on any atom is -0.379 e. The van der Waals surface area contributed by atoms with Crippen LogP contribution in [0.1, 0.15) is 32.6 Å². The number of thioether (sulfide) groups is 1. The molecule has 0 unspecified atom stereocenters. The zero-order chi connectivity index (χ0) is 23.5. The van der Waals surface area contributed by atoms with Crippen LogP contribution in [0.5, 0.6) is 0 Å². The van der Waals surface area contributed by atoms with E-state index < -0.39 is 6.55 Å². The Morgan fingerprint density at radius 1 is 1.12 bits per heavy atom. The summed E-state index contributed by atoms with van der Waals surface area (Å²) in [6, 6.07) is 11.7. The molecule has 0 N–H and O–H groups in total. The lowest BCUT2D eigenvalue weighted by atomic mass is 10.2. The summed E-state index contributed by atoms with van der Waals surface area (Å²) in [4.78, 5) is 22.2. The highest BCUT2D eigenvalue weighted by atomic mass is 35.5. The van der Waals surface area contributed by atoms with Crippen molar-refractivity contribution in [1.82, 2.24) is 19.1 Å². The lowest BCUT2D eigenvalue weighted by Gasteiger charge is -2.14. The van der Waals surface area contributed by atoms with Gasteiger partial charge in [-0.05, 0) is 50.6 Å². The predicted octanol–water partition coefficient (Wildman–Crippen LogP) is 5.90. The highest BCUT2D eigenvalue weighted by Crippen LogP contribution is 2.28. The largest absolute Gasteiger partial charge is 0.379 e. The van der Waals surface area contributed by atoms with Gasteiger partial charge in [0.1, 0.15) is 5.82 Å². The van der Waals surface area contributed by atoms with Gasteiger partial charge in [-0.15, -0.1) is 0 Å². The Balaban J connectivity index is 1.69.